The molecule has 1 aromatic rings. The van der Waals surface area contributed by atoms with Gasteiger partial charge in [0.15, 0.2) is 9.84 Å². The van der Waals surface area contributed by atoms with E-state index in [0.717, 1.165) is 0 Å². The monoisotopic (exact) mass is 304 g/mol. The van der Waals surface area contributed by atoms with Gasteiger partial charge in [0, 0.05) is 12.6 Å². The van der Waals surface area contributed by atoms with Crippen LogP contribution in [0, 0.1) is 11.6 Å². The van der Waals surface area contributed by atoms with E-state index < -0.39 is 27.5 Å². The molecular weight excluding hydrogens is 286 g/mol. The van der Waals surface area contributed by atoms with Crippen LogP contribution in [0.15, 0.2) is 12.1 Å². The van der Waals surface area contributed by atoms with Gasteiger partial charge in [0.1, 0.15) is 17.3 Å². The fourth-order valence-electron chi connectivity index (χ4n) is 2.53. The Bertz CT molecular complexity index is 581. The Balaban J connectivity index is 2.34. The number of halogens is 2. The molecule has 0 bridgehead atoms. The molecule has 1 aromatic carbocycles. The zero-order valence-corrected chi connectivity index (χ0v) is 12.1. The van der Waals surface area contributed by atoms with Gasteiger partial charge in [0.25, 0.3) is 0 Å². The number of anilines is 1. The Morgan fingerprint density at radius 1 is 1.35 bits per heavy atom. The molecule has 20 heavy (non-hydrogen) atoms. The molecule has 1 saturated heterocycles. The van der Waals surface area contributed by atoms with Gasteiger partial charge in [-0.2, -0.15) is 0 Å². The minimum atomic E-state index is -3.12. The van der Waals surface area contributed by atoms with E-state index in [4.69, 9.17) is 5.73 Å². The molecule has 1 aliphatic rings. The average Bonchev–Trinajstić information content (AvgIpc) is 2.30. The van der Waals surface area contributed by atoms with Crippen molar-refractivity contribution in [2.45, 2.75) is 19.4 Å². The first kappa shape index (κ1) is 15.2. The van der Waals surface area contributed by atoms with E-state index in [9.17, 15) is 17.2 Å². The van der Waals surface area contributed by atoms with E-state index >= 15 is 0 Å². The van der Waals surface area contributed by atoms with Crippen LogP contribution in [-0.2, 0) is 16.3 Å². The molecule has 1 heterocycles. The summed E-state index contributed by atoms with van der Waals surface area (Å²) in [4.78, 5) is 1.48. The lowest BCUT2D eigenvalue weighted by Crippen LogP contribution is -2.47. The fraction of sp³-hybridized carbons (Fsp3) is 0.538. The van der Waals surface area contributed by atoms with Gasteiger partial charge in [-0.15, -0.1) is 0 Å². The highest BCUT2D eigenvalue weighted by Crippen LogP contribution is 2.29. The Hall–Kier alpha value is -1.21. The molecule has 7 heteroatoms. The van der Waals surface area contributed by atoms with Crippen LogP contribution in [0.2, 0.25) is 0 Å². The van der Waals surface area contributed by atoms with Gasteiger partial charge in [-0.1, -0.05) is 0 Å². The van der Waals surface area contributed by atoms with E-state index in [-0.39, 0.29) is 23.7 Å². The van der Waals surface area contributed by atoms with Gasteiger partial charge in [-0.05, 0) is 37.6 Å². The largest absolute Gasteiger partial charge is 0.362 e. The number of hydrogen-bond donors (Lipinski definition) is 1. The van der Waals surface area contributed by atoms with Crippen molar-refractivity contribution in [1.29, 1.82) is 0 Å². The van der Waals surface area contributed by atoms with Crippen molar-refractivity contribution < 1.29 is 17.2 Å². The summed E-state index contributed by atoms with van der Waals surface area (Å²) >= 11 is 0. The second-order valence-electron chi connectivity index (χ2n) is 5.10. The van der Waals surface area contributed by atoms with Crippen molar-refractivity contribution in [1.82, 2.24) is 0 Å². The molecule has 0 saturated carbocycles. The number of nitrogens with zero attached hydrogens (tertiary/aromatic N) is 1. The Labute approximate surface area is 117 Å². The molecule has 1 fully saturated rings. The van der Waals surface area contributed by atoms with Crippen LogP contribution in [0.25, 0.3) is 0 Å². The van der Waals surface area contributed by atoms with Crippen LogP contribution in [-0.4, -0.2) is 39.1 Å². The van der Waals surface area contributed by atoms with Crippen molar-refractivity contribution in [3.05, 3.63) is 29.3 Å². The first-order valence-electron chi connectivity index (χ1n) is 6.49. The first-order valence-corrected chi connectivity index (χ1v) is 8.31. The third-order valence-corrected chi connectivity index (χ3v) is 5.26. The Morgan fingerprint density at radius 2 is 1.95 bits per heavy atom. The maximum Gasteiger partial charge on any atom is 0.154 e. The number of hydrogen-bond acceptors (Lipinski definition) is 4. The summed E-state index contributed by atoms with van der Waals surface area (Å²) in [6.07, 6.45) is 0.401. The van der Waals surface area contributed by atoms with Crippen molar-refractivity contribution in [2.75, 3.05) is 29.5 Å². The summed E-state index contributed by atoms with van der Waals surface area (Å²) in [5.74, 6) is -1.50. The number of nitrogens with two attached hydrogens (primary N) is 1. The molecule has 0 aliphatic carbocycles. The normalized spacial score (nSPS) is 22.0. The molecule has 2 rings (SSSR count). The highest BCUT2D eigenvalue weighted by atomic mass is 32.2. The second-order valence-corrected chi connectivity index (χ2v) is 7.33. The van der Waals surface area contributed by atoms with Crippen molar-refractivity contribution >= 4 is 15.5 Å². The SMILES string of the molecule is CC1CS(=O)(=O)CCN1c1c(F)cc(CCN)cc1F. The van der Waals surface area contributed by atoms with Crippen molar-refractivity contribution in [3.8, 4) is 0 Å². The maximum absolute atomic E-state index is 14.1. The summed E-state index contributed by atoms with van der Waals surface area (Å²) in [5, 5.41) is 0. The fourth-order valence-corrected chi connectivity index (χ4v) is 4.09. The smallest absolute Gasteiger partial charge is 0.154 e. The molecule has 1 atom stereocenters. The molecule has 0 aromatic heterocycles. The Morgan fingerprint density at radius 3 is 2.45 bits per heavy atom. The van der Waals surface area contributed by atoms with Gasteiger partial charge in [0.2, 0.25) is 0 Å². The average molecular weight is 304 g/mol. The third kappa shape index (κ3) is 3.09. The quantitative estimate of drug-likeness (QED) is 0.908. The summed E-state index contributed by atoms with van der Waals surface area (Å²) < 4.78 is 51.3. The summed E-state index contributed by atoms with van der Waals surface area (Å²) in [6.45, 7) is 2.08. The van der Waals surface area contributed by atoms with Crippen LogP contribution >= 0.6 is 0 Å². The molecule has 0 radical (unpaired) electrons. The van der Waals surface area contributed by atoms with E-state index in [0.29, 0.717) is 18.5 Å². The Kier molecular flexibility index (Phi) is 4.29. The highest BCUT2D eigenvalue weighted by molar-refractivity contribution is 7.91. The van der Waals surface area contributed by atoms with E-state index in [1.165, 1.54) is 17.0 Å². The molecule has 1 unspecified atom stereocenters. The summed E-state index contributed by atoms with van der Waals surface area (Å²) in [5.41, 5.74) is 5.73. The van der Waals surface area contributed by atoms with E-state index in [1.54, 1.807) is 6.92 Å². The zero-order valence-electron chi connectivity index (χ0n) is 11.3. The standard InChI is InChI=1S/C13H18F2N2O2S/c1-9-8-20(18,19)5-4-17(9)13-11(14)6-10(2-3-16)7-12(13)15/h6-7,9H,2-5,8,16H2,1H3. The van der Waals surface area contributed by atoms with Crippen molar-refractivity contribution in [2.24, 2.45) is 5.73 Å². The van der Waals surface area contributed by atoms with Gasteiger partial charge in [-0.3, -0.25) is 0 Å². The lowest BCUT2D eigenvalue weighted by Gasteiger charge is -2.35. The minimum Gasteiger partial charge on any atom is -0.362 e. The van der Waals surface area contributed by atoms with Gasteiger partial charge in [0.05, 0.1) is 11.5 Å². The second kappa shape index (κ2) is 5.65. The molecule has 112 valence electrons. The van der Waals surface area contributed by atoms with Gasteiger partial charge >= 0.3 is 0 Å². The van der Waals surface area contributed by atoms with Crippen LogP contribution in [0.5, 0.6) is 0 Å². The zero-order chi connectivity index (χ0) is 14.9. The summed E-state index contributed by atoms with van der Waals surface area (Å²) in [6, 6.07) is 2.08. The third-order valence-electron chi connectivity index (χ3n) is 3.47. The van der Waals surface area contributed by atoms with Crippen LogP contribution in [0.3, 0.4) is 0 Å². The van der Waals surface area contributed by atoms with Crippen LogP contribution < -0.4 is 10.6 Å². The first-order chi connectivity index (χ1) is 9.34. The minimum absolute atomic E-state index is 0.0826. The number of rotatable bonds is 3. The lowest BCUT2D eigenvalue weighted by atomic mass is 10.1. The molecule has 1 aliphatic heterocycles. The number of sulfone groups is 1. The maximum atomic E-state index is 14.1. The molecule has 2 N–H and O–H groups in total. The predicted octanol–water partition coefficient (Wildman–Crippen LogP) is 1.09. The van der Waals surface area contributed by atoms with Gasteiger partial charge < -0.3 is 10.6 Å². The van der Waals surface area contributed by atoms with E-state index in [1.807, 2.05) is 0 Å². The molecule has 4 nitrogen and oxygen atoms in total. The highest BCUT2D eigenvalue weighted by Gasteiger charge is 2.31. The van der Waals surface area contributed by atoms with Gasteiger partial charge in [-0.25, -0.2) is 17.2 Å². The van der Waals surface area contributed by atoms with Crippen molar-refractivity contribution in [3.63, 3.8) is 0 Å². The van der Waals surface area contributed by atoms with E-state index in [2.05, 4.69) is 0 Å². The molecule has 0 spiro atoms. The molecular formula is C13H18F2N2O2S. The lowest BCUT2D eigenvalue weighted by molar-refractivity contribution is 0.537. The molecule has 0 amide bonds. The summed E-state index contributed by atoms with van der Waals surface area (Å²) in [7, 11) is -3.12. The predicted molar refractivity (Wildman–Crippen MR) is 74.6 cm³/mol. The topological polar surface area (TPSA) is 63.4 Å². The van der Waals surface area contributed by atoms with Crippen LogP contribution in [0.4, 0.5) is 14.5 Å². The number of benzene rings is 1. The van der Waals surface area contributed by atoms with Crippen LogP contribution in [0.1, 0.15) is 12.5 Å².